The van der Waals surface area contributed by atoms with Gasteiger partial charge in [-0.2, -0.15) is 0 Å². The number of carbonyl (C=O) groups excluding carboxylic acids is 1. The van der Waals surface area contributed by atoms with Crippen molar-refractivity contribution in [1.82, 2.24) is 0 Å². The van der Waals surface area contributed by atoms with Gasteiger partial charge in [-0.15, -0.1) is 0 Å². The summed E-state index contributed by atoms with van der Waals surface area (Å²) < 4.78 is 11.1. The Bertz CT molecular complexity index is 553. The van der Waals surface area contributed by atoms with Gasteiger partial charge in [0.15, 0.2) is 0 Å². The van der Waals surface area contributed by atoms with Crippen molar-refractivity contribution < 1.29 is 29.6 Å². The summed E-state index contributed by atoms with van der Waals surface area (Å²) in [5.74, 6) is -0.597. The van der Waals surface area contributed by atoms with Crippen LogP contribution < -0.4 is 0 Å². The molecule has 5 atom stereocenters. The van der Waals surface area contributed by atoms with Crippen molar-refractivity contribution in [2.24, 2.45) is 11.3 Å². The number of carbonyl (C=O) groups is 1. The first-order chi connectivity index (χ1) is 10.2. The Morgan fingerprint density at radius 3 is 2.50 bits per heavy atom. The van der Waals surface area contributed by atoms with Crippen molar-refractivity contribution in [3.63, 3.8) is 0 Å². The van der Waals surface area contributed by atoms with Crippen LogP contribution in [0.4, 0.5) is 0 Å². The smallest absolute Gasteiger partial charge is 0.337 e. The Kier molecular flexibility index (Phi) is 3.28. The summed E-state index contributed by atoms with van der Waals surface area (Å²) in [6.07, 6.45) is 0.00112. The third-order valence-electron chi connectivity index (χ3n) is 5.76. The molecule has 0 bridgehead atoms. The number of hydrogen-bond acceptors (Lipinski definition) is 6. The minimum absolute atomic E-state index is 0.104. The lowest BCUT2D eigenvalue weighted by molar-refractivity contribution is -0.138. The van der Waals surface area contributed by atoms with Crippen LogP contribution in [0.3, 0.4) is 0 Å². The minimum Gasteiger partial charge on any atom is -0.458 e. The van der Waals surface area contributed by atoms with Crippen molar-refractivity contribution >= 4 is 5.97 Å². The number of rotatable bonds is 0. The van der Waals surface area contributed by atoms with E-state index in [9.17, 15) is 15.0 Å². The van der Waals surface area contributed by atoms with Gasteiger partial charge in [0.05, 0.1) is 11.7 Å². The molecule has 0 unspecified atom stereocenters. The van der Waals surface area contributed by atoms with Gasteiger partial charge >= 0.3 is 5.97 Å². The quantitative estimate of drug-likeness (QED) is 0.435. The summed E-state index contributed by atoms with van der Waals surface area (Å²) in [5, 5.41) is 28.6. The largest absolute Gasteiger partial charge is 0.458 e. The predicted molar refractivity (Wildman–Crippen MR) is 76.9 cm³/mol. The van der Waals surface area contributed by atoms with E-state index in [4.69, 9.17) is 14.6 Å². The van der Waals surface area contributed by atoms with Crippen LogP contribution in [0.5, 0.6) is 0 Å². The van der Waals surface area contributed by atoms with Gasteiger partial charge in [0, 0.05) is 12.7 Å². The van der Waals surface area contributed by atoms with Crippen LogP contribution in [0.15, 0.2) is 11.1 Å². The van der Waals surface area contributed by atoms with Crippen molar-refractivity contribution in [3.8, 4) is 0 Å². The molecule has 2 aliphatic heterocycles. The Morgan fingerprint density at radius 2 is 1.91 bits per heavy atom. The van der Waals surface area contributed by atoms with Gasteiger partial charge < -0.3 is 24.8 Å². The summed E-state index contributed by atoms with van der Waals surface area (Å²) >= 11 is 0. The minimum atomic E-state index is -1.03. The van der Waals surface area contributed by atoms with Crippen LogP contribution in [-0.2, 0) is 14.3 Å². The number of hydrogen-bond donors (Lipinski definition) is 3. The third kappa shape index (κ3) is 1.61. The molecule has 0 radical (unpaired) electrons. The van der Waals surface area contributed by atoms with Crippen LogP contribution in [0, 0.1) is 11.3 Å². The highest BCUT2D eigenvalue weighted by molar-refractivity contribution is 5.94. The summed E-state index contributed by atoms with van der Waals surface area (Å²) in [5.41, 5.74) is -0.998. The zero-order valence-electron chi connectivity index (χ0n) is 13.4. The molecule has 124 valence electrons. The maximum atomic E-state index is 11.9. The highest BCUT2D eigenvalue weighted by Gasteiger charge is 2.83. The average Bonchev–Trinajstić information content (AvgIpc) is 3.08. The molecule has 4 rings (SSSR count). The van der Waals surface area contributed by atoms with Gasteiger partial charge in [0.2, 0.25) is 0 Å². The maximum Gasteiger partial charge on any atom is 0.337 e. The van der Waals surface area contributed by atoms with Crippen LogP contribution >= 0.6 is 0 Å². The number of ether oxygens (including phenoxy) is 2. The molecule has 1 saturated carbocycles. The molecule has 1 saturated heterocycles. The standard InChI is InChI=1S/C15H20O5.CH4O/c1-7-4-9(16)10-8(5-19-11(10)17)15-12(20-15)13(2,3)6-14(7,15)18;1-2/h7,9,12,16,18H,4-6H2,1-3H3;2H,1H3/t7-,9+,12+,14+,15+;/m1./s1. The molecule has 4 aliphatic rings. The summed E-state index contributed by atoms with van der Waals surface area (Å²) in [6.45, 7) is 6.23. The van der Waals surface area contributed by atoms with Crippen LogP contribution in [0.25, 0.3) is 0 Å². The van der Waals surface area contributed by atoms with E-state index in [2.05, 4.69) is 13.8 Å². The van der Waals surface area contributed by atoms with Crippen molar-refractivity contribution in [2.45, 2.75) is 57.0 Å². The van der Waals surface area contributed by atoms with E-state index in [0.717, 1.165) is 7.11 Å². The Morgan fingerprint density at radius 1 is 1.27 bits per heavy atom. The molecule has 2 heterocycles. The fourth-order valence-electron chi connectivity index (χ4n) is 4.85. The van der Waals surface area contributed by atoms with Gasteiger partial charge in [-0.1, -0.05) is 20.8 Å². The second kappa shape index (κ2) is 4.54. The number of aliphatic hydroxyl groups excluding tert-OH is 2. The Hall–Kier alpha value is -0.950. The van der Waals surface area contributed by atoms with Crippen LogP contribution in [0.2, 0.25) is 0 Å². The first-order valence-electron chi connectivity index (χ1n) is 7.67. The molecule has 6 nitrogen and oxygen atoms in total. The molecule has 22 heavy (non-hydrogen) atoms. The number of esters is 1. The summed E-state index contributed by atoms with van der Waals surface area (Å²) in [7, 11) is 1.00. The van der Waals surface area contributed by atoms with Gasteiger partial charge in [0.1, 0.15) is 23.9 Å². The second-order valence-electron chi connectivity index (χ2n) is 7.44. The zero-order chi connectivity index (χ0) is 16.5. The molecule has 2 aliphatic carbocycles. The molecule has 1 spiro atoms. The molecular weight excluding hydrogens is 288 g/mol. The van der Waals surface area contributed by atoms with E-state index in [0.29, 0.717) is 24.0 Å². The summed E-state index contributed by atoms with van der Waals surface area (Å²) in [6, 6.07) is 0. The monoisotopic (exact) mass is 312 g/mol. The molecule has 6 heteroatoms. The molecule has 0 aromatic rings. The van der Waals surface area contributed by atoms with Crippen molar-refractivity contribution in [3.05, 3.63) is 11.1 Å². The van der Waals surface area contributed by atoms with Gasteiger partial charge in [-0.05, 0) is 24.2 Å². The van der Waals surface area contributed by atoms with E-state index < -0.39 is 23.3 Å². The van der Waals surface area contributed by atoms with E-state index in [1.54, 1.807) is 0 Å². The lowest BCUT2D eigenvalue weighted by Gasteiger charge is -2.38. The fraction of sp³-hybridized carbons (Fsp3) is 0.812. The zero-order valence-corrected chi connectivity index (χ0v) is 13.4. The average molecular weight is 312 g/mol. The molecular formula is C16H24O6. The molecule has 0 aromatic heterocycles. The van der Waals surface area contributed by atoms with Gasteiger partial charge in [0.25, 0.3) is 0 Å². The van der Waals surface area contributed by atoms with Crippen molar-refractivity contribution in [1.29, 1.82) is 0 Å². The van der Waals surface area contributed by atoms with Crippen molar-refractivity contribution in [2.75, 3.05) is 13.7 Å². The first-order valence-corrected chi connectivity index (χ1v) is 7.67. The Balaban J connectivity index is 0.000000693. The number of epoxide rings is 1. The first kappa shape index (κ1) is 15.9. The van der Waals surface area contributed by atoms with Crippen LogP contribution in [-0.4, -0.2) is 58.4 Å². The van der Waals surface area contributed by atoms with Crippen LogP contribution in [0.1, 0.15) is 33.6 Å². The third-order valence-corrected chi connectivity index (χ3v) is 5.76. The molecule has 2 fully saturated rings. The molecule has 0 aromatic carbocycles. The molecule has 0 amide bonds. The van der Waals surface area contributed by atoms with E-state index in [-0.39, 0.29) is 24.0 Å². The number of cyclic esters (lactones) is 1. The lowest BCUT2D eigenvalue weighted by Crippen LogP contribution is -2.49. The van der Waals surface area contributed by atoms with Gasteiger partial charge in [-0.3, -0.25) is 0 Å². The maximum absolute atomic E-state index is 11.9. The van der Waals surface area contributed by atoms with E-state index in [1.807, 2.05) is 6.92 Å². The topological polar surface area (TPSA) is 99.5 Å². The van der Waals surface area contributed by atoms with Gasteiger partial charge in [-0.25, -0.2) is 4.79 Å². The second-order valence-corrected chi connectivity index (χ2v) is 7.44. The number of aliphatic hydroxyl groups is 3. The highest BCUT2D eigenvalue weighted by Crippen LogP contribution is 2.71. The molecule has 3 N–H and O–H groups in total. The Labute approximate surface area is 129 Å². The normalized spacial score (nSPS) is 47.6. The summed E-state index contributed by atoms with van der Waals surface area (Å²) in [4.78, 5) is 11.9. The SMILES string of the molecule is CO.C[C@@H]1C[C@H](O)C2=C(COC2=O)[C@]23O[C@H]2C(C)(C)C[C@]13O. The predicted octanol–water partition coefficient (Wildman–Crippen LogP) is 0.148. The fourth-order valence-corrected chi connectivity index (χ4v) is 4.85. The highest BCUT2D eigenvalue weighted by atomic mass is 16.6. The lowest BCUT2D eigenvalue weighted by atomic mass is 9.75. The van der Waals surface area contributed by atoms with E-state index >= 15 is 0 Å². The van der Waals surface area contributed by atoms with E-state index in [1.165, 1.54) is 0 Å².